The quantitative estimate of drug-likeness (QED) is 0.292. The van der Waals surface area contributed by atoms with E-state index in [0.717, 1.165) is 0 Å². The largest absolute Gasteiger partial charge is 0.766 e. The summed E-state index contributed by atoms with van der Waals surface area (Å²) in [5, 5.41) is 16.7. The monoisotopic (exact) mass is 536 g/mol. The topological polar surface area (TPSA) is 122 Å². The van der Waals surface area contributed by atoms with Gasteiger partial charge in [0.2, 0.25) is 13.1 Å². The third-order valence-corrected chi connectivity index (χ3v) is 4.65. The van der Waals surface area contributed by atoms with Crippen LogP contribution in [0, 0.1) is 0 Å². The summed E-state index contributed by atoms with van der Waals surface area (Å²) in [6, 6.07) is 18.8. The van der Waals surface area contributed by atoms with Gasteiger partial charge < -0.3 is 32.0 Å². The molecule has 0 saturated carbocycles. The summed E-state index contributed by atoms with van der Waals surface area (Å²) in [5.74, 6) is -1.65. The first-order valence-corrected chi connectivity index (χ1v) is 11.8. The average molecular weight is 536 g/mol. The van der Waals surface area contributed by atoms with Crippen LogP contribution in [0.5, 0.6) is 0 Å². The zero-order chi connectivity index (χ0) is 26.9. The number of pyridine rings is 2. The highest BCUT2D eigenvalue weighted by molar-refractivity contribution is 8.29. The van der Waals surface area contributed by atoms with Crippen LogP contribution in [0.1, 0.15) is 0 Å². The summed E-state index contributed by atoms with van der Waals surface area (Å²) in [6.07, 6.45) is 6.87. The molecule has 0 spiro atoms. The van der Waals surface area contributed by atoms with Gasteiger partial charge in [-0.15, -0.1) is 0 Å². The number of nitrogens with zero attached hydrogens (tertiary/aromatic N) is 2. The molecule has 3 rings (SSSR count). The fraction of sp³-hybridized carbons (Fsp3) is 0.100. The van der Waals surface area contributed by atoms with Crippen molar-refractivity contribution >= 4 is 39.2 Å². The summed E-state index contributed by atoms with van der Waals surface area (Å²) in [5.41, 5.74) is 0. The van der Waals surface area contributed by atoms with Crippen molar-refractivity contribution in [2.45, 2.75) is 18.0 Å². The Morgan fingerprint density at radius 3 is 1.29 bits per heavy atom. The Hall–Kier alpha value is -3.43. The number of hydrogen-bond acceptors (Lipinski definition) is 5. The van der Waals surface area contributed by atoms with E-state index in [1.807, 2.05) is 12.1 Å². The van der Waals surface area contributed by atoms with Gasteiger partial charge in [0.15, 0.2) is 24.8 Å². The fourth-order valence-electron chi connectivity index (χ4n) is 1.98. The predicted molar refractivity (Wildman–Crippen MR) is 120 cm³/mol. The summed E-state index contributed by atoms with van der Waals surface area (Å²) in [4.78, 5) is 20.5. The Bertz CT molecular complexity index is 1070. The van der Waals surface area contributed by atoms with Crippen molar-refractivity contribution in [3.8, 4) is 0 Å². The van der Waals surface area contributed by atoms with Gasteiger partial charge >= 0.3 is 19.2 Å². The first-order chi connectivity index (χ1) is 16.2. The van der Waals surface area contributed by atoms with Crippen LogP contribution in [0.2, 0.25) is 0 Å². The molecule has 0 aliphatic carbocycles. The van der Waals surface area contributed by atoms with Crippen molar-refractivity contribution in [1.29, 1.82) is 0 Å². The number of halogens is 4. The number of rotatable bonds is 5. The highest BCUT2D eigenvalue weighted by Crippen LogP contribution is 2.07. The highest BCUT2D eigenvalue weighted by atomic mass is 32.8. The molecule has 2 heterocycles. The number of carbonyl (C=O) groups is 2. The van der Waals surface area contributed by atoms with Crippen LogP contribution in [-0.2, 0) is 42.6 Å². The Balaban J connectivity index is 0.000000453. The zero-order valence-corrected chi connectivity index (χ0v) is 19.5. The molecule has 1 atom stereocenters. The van der Waals surface area contributed by atoms with Crippen molar-refractivity contribution in [3.05, 3.63) is 91.5 Å². The van der Waals surface area contributed by atoms with E-state index >= 15 is 0 Å². The molecule has 0 bridgehead atoms. The second kappa shape index (κ2) is 16.2. The van der Waals surface area contributed by atoms with Gasteiger partial charge in [-0.2, -0.15) is 9.13 Å². The molecule has 2 aromatic heterocycles. The van der Waals surface area contributed by atoms with E-state index in [1.54, 1.807) is 76.4 Å². The lowest BCUT2D eigenvalue weighted by atomic mass is 10.3. The zero-order valence-electron chi connectivity index (χ0n) is 17.9. The molecule has 190 valence electrons. The summed E-state index contributed by atoms with van der Waals surface area (Å²) < 4.78 is 63.5. The molecule has 0 saturated heterocycles. The van der Waals surface area contributed by atoms with Gasteiger partial charge in [-0.3, -0.25) is 4.21 Å². The molecule has 15 heteroatoms. The van der Waals surface area contributed by atoms with Crippen molar-refractivity contribution < 1.29 is 55.0 Å². The Labute approximate surface area is 203 Å². The average Bonchev–Trinajstić information content (AvgIpc) is 2.74. The molecular formula is C20H21BF4N2O6S2. The molecule has 0 aliphatic heterocycles. The lowest BCUT2D eigenvalue weighted by Crippen LogP contribution is -2.36. The molecular weight excluding hydrogens is 515 g/mol. The lowest BCUT2D eigenvalue weighted by molar-refractivity contribution is -0.685. The summed E-state index contributed by atoms with van der Waals surface area (Å²) in [7, 11) is -9.42. The molecule has 0 fully saturated rings. The van der Waals surface area contributed by atoms with E-state index in [2.05, 4.69) is 11.2 Å². The first-order valence-electron chi connectivity index (χ1n) is 9.38. The molecule has 0 amide bonds. The first kappa shape index (κ1) is 31.6. The Kier molecular flexibility index (Phi) is 14.7. The van der Waals surface area contributed by atoms with Crippen LogP contribution in [0.4, 0.5) is 17.3 Å². The molecule has 8 nitrogen and oxygen atoms in total. The minimum absolute atomic E-state index is 0.0286. The van der Waals surface area contributed by atoms with Crippen LogP contribution in [0.25, 0.3) is 0 Å². The second-order valence-corrected chi connectivity index (χ2v) is 8.84. The minimum Gasteiger partial charge on any atom is -0.766 e. The summed E-state index contributed by atoms with van der Waals surface area (Å²) >= 11 is 4.22. The molecule has 0 aliphatic rings. The second-order valence-electron chi connectivity index (χ2n) is 6.15. The summed E-state index contributed by atoms with van der Waals surface area (Å²) in [6.45, 7) is 0.0572. The highest BCUT2D eigenvalue weighted by Gasteiger charge is 2.20. The van der Waals surface area contributed by atoms with Crippen LogP contribution >= 0.6 is 0 Å². The van der Waals surface area contributed by atoms with E-state index in [0.29, 0.717) is 0 Å². The van der Waals surface area contributed by atoms with Gasteiger partial charge in [0, 0.05) is 29.2 Å². The molecule has 1 aromatic carbocycles. The van der Waals surface area contributed by atoms with Crippen LogP contribution in [0.15, 0.2) is 96.4 Å². The van der Waals surface area contributed by atoms with Crippen molar-refractivity contribution in [1.82, 2.24) is 0 Å². The van der Waals surface area contributed by atoms with Gasteiger partial charge in [0.25, 0.3) is 0 Å². The molecule has 3 aromatic rings. The maximum Gasteiger partial charge on any atom is 0.673 e. The van der Waals surface area contributed by atoms with Crippen LogP contribution < -0.4 is 9.13 Å². The number of hydrogen-bond donors (Lipinski definition) is 2. The lowest BCUT2D eigenvalue weighted by Gasteiger charge is -2.08. The smallest absolute Gasteiger partial charge is 0.673 e. The van der Waals surface area contributed by atoms with E-state index in [9.17, 15) is 35.6 Å². The molecule has 0 radical (unpaired) electrons. The predicted octanol–water partition coefficient (Wildman–Crippen LogP) is 2.34. The van der Waals surface area contributed by atoms with Crippen LogP contribution in [-0.4, -0.2) is 38.2 Å². The SMILES string of the molecule is F[B-](F)(F)F.O=C(O)C[n+]1ccccc1.O=C(O)C[n+]1ccccc1.O=S([O-])(=S)c1ccccc1. The van der Waals surface area contributed by atoms with Gasteiger partial charge in [-0.25, -0.2) is 9.59 Å². The number of carboxylic acids is 2. The van der Waals surface area contributed by atoms with Gasteiger partial charge in [-0.05, 0) is 32.1 Å². The molecule has 2 N–H and O–H groups in total. The number of aliphatic carboxylic acids is 2. The standard InChI is InChI=1S/2C7H7NO2.C6H6O2S2.BF4/c2*9-7(10)6-8-4-2-1-3-5-8;7-10(8,9)6-4-2-1-3-5-6;2-1(3,4)5/h2*1-5H,6H2;1-5H,(H,7,8,9);/q;;;-1/p+1. The van der Waals surface area contributed by atoms with Crippen molar-refractivity contribution in [2.75, 3.05) is 0 Å². The van der Waals surface area contributed by atoms with E-state index in [4.69, 9.17) is 10.2 Å². The van der Waals surface area contributed by atoms with Gasteiger partial charge in [0.1, 0.15) is 0 Å². The normalized spacial score (nSPS) is 11.6. The van der Waals surface area contributed by atoms with Crippen molar-refractivity contribution in [2.24, 2.45) is 0 Å². The third kappa shape index (κ3) is 20.9. The molecule has 35 heavy (non-hydrogen) atoms. The number of carboxylic acid groups (broad SMARTS) is 2. The Morgan fingerprint density at radius 2 is 1.06 bits per heavy atom. The fourth-order valence-corrected chi connectivity index (χ4v) is 2.80. The van der Waals surface area contributed by atoms with E-state index < -0.39 is 28.0 Å². The molecule has 1 unspecified atom stereocenters. The third-order valence-electron chi connectivity index (χ3n) is 3.22. The maximum absolute atomic E-state index is 10.6. The number of benzene rings is 1. The Morgan fingerprint density at radius 1 is 0.771 bits per heavy atom. The van der Waals surface area contributed by atoms with Crippen molar-refractivity contribution in [3.63, 3.8) is 0 Å². The van der Waals surface area contributed by atoms with Crippen LogP contribution in [0.3, 0.4) is 0 Å². The maximum atomic E-state index is 10.6. The van der Waals surface area contributed by atoms with Gasteiger partial charge in [0.05, 0.1) is 0 Å². The minimum atomic E-state index is -6.00. The van der Waals surface area contributed by atoms with E-state index in [-0.39, 0.29) is 18.0 Å². The van der Waals surface area contributed by atoms with E-state index in [1.165, 1.54) is 12.1 Å². The van der Waals surface area contributed by atoms with Gasteiger partial charge in [-0.1, -0.05) is 30.3 Å². The number of aromatic nitrogens is 2.